The molecule has 4 nitrogen and oxygen atoms in total. The molecule has 0 bridgehead atoms. The SMILES string of the molecule is Cc1ccn(-c2csc(B(O)O)c2)n1. The lowest BCUT2D eigenvalue weighted by Gasteiger charge is -1.94. The second kappa shape index (κ2) is 3.57. The molecule has 0 unspecified atom stereocenters. The minimum Gasteiger partial charge on any atom is -0.423 e. The average molecular weight is 208 g/mol. The monoisotopic (exact) mass is 208 g/mol. The first-order valence-corrected chi connectivity index (χ1v) is 5.02. The van der Waals surface area contributed by atoms with Gasteiger partial charge in [-0.2, -0.15) is 16.4 Å². The third-order valence-corrected chi connectivity index (χ3v) is 2.81. The van der Waals surface area contributed by atoms with Crippen LogP contribution >= 0.6 is 11.3 Å². The normalized spacial score (nSPS) is 10.5. The molecule has 2 N–H and O–H groups in total. The van der Waals surface area contributed by atoms with Gasteiger partial charge in [0.15, 0.2) is 0 Å². The predicted octanol–water partition coefficient (Wildman–Crippen LogP) is -0.0780. The molecule has 2 aromatic heterocycles. The second-order valence-corrected chi connectivity index (χ2v) is 3.93. The van der Waals surface area contributed by atoms with Crippen molar-refractivity contribution in [2.75, 3.05) is 0 Å². The first kappa shape index (κ1) is 9.45. The van der Waals surface area contributed by atoms with Gasteiger partial charge in [0.1, 0.15) is 0 Å². The van der Waals surface area contributed by atoms with Crippen molar-refractivity contribution in [2.45, 2.75) is 6.92 Å². The van der Waals surface area contributed by atoms with Crippen LogP contribution in [0.1, 0.15) is 5.69 Å². The van der Waals surface area contributed by atoms with E-state index in [1.807, 2.05) is 24.6 Å². The Labute approximate surface area is 85.6 Å². The molecule has 0 spiro atoms. The highest BCUT2D eigenvalue weighted by atomic mass is 32.1. The molecule has 0 aromatic carbocycles. The van der Waals surface area contributed by atoms with Gasteiger partial charge in [0.2, 0.25) is 0 Å². The third kappa shape index (κ3) is 1.72. The molecule has 0 saturated heterocycles. The molecule has 2 aromatic rings. The molecule has 0 atom stereocenters. The van der Waals surface area contributed by atoms with Crippen molar-refractivity contribution >= 4 is 23.2 Å². The molecule has 0 aliphatic heterocycles. The zero-order valence-corrected chi connectivity index (χ0v) is 8.40. The molecular formula is C8H9BN2O2S. The number of rotatable bonds is 2. The van der Waals surface area contributed by atoms with Crippen molar-refractivity contribution < 1.29 is 10.0 Å². The van der Waals surface area contributed by atoms with E-state index in [1.165, 1.54) is 11.3 Å². The molecule has 6 heteroatoms. The summed E-state index contributed by atoms with van der Waals surface area (Å²) in [4.78, 5) is 0. The van der Waals surface area contributed by atoms with E-state index in [2.05, 4.69) is 5.10 Å². The van der Waals surface area contributed by atoms with Crippen molar-refractivity contribution in [1.82, 2.24) is 9.78 Å². The fraction of sp³-hybridized carbons (Fsp3) is 0.125. The van der Waals surface area contributed by atoms with Gasteiger partial charge in [0.05, 0.1) is 11.4 Å². The van der Waals surface area contributed by atoms with E-state index < -0.39 is 7.12 Å². The van der Waals surface area contributed by atoms with Crippen LogP contribution in [0.5, 0.6) is 0 Å². The van der Waals surface area contributed by atoms with Crippen LogP contribution in [0.4, 0.5) is 0 Å². The summed E-state index contributed by atoms with van der Waals surface area (Å²) >= 11 is 1.30. The average Bonchev–Trinajstić information content (AvgIpc) is 2.70. The molecule has 2 heterocycles. The van der Waals surface area contributed by atoms with Crippen LogP contribution < -0.4 is 4.78 Å². The molecule has 0 aliphatic rings. The van der Waals surface area contributed by atoms with Gasteiger partial charge >= 0.3 is 7.12 Å². The number of nitrogens with zero attached hydrogens (tertiary/aromatic N) is 2. The fourth-order valence-electron chi connectivity index (χ4n) is 1.16. The fourth-order valence-corrected chi connectivity index (χ4v) is 1.90. The first-order chi connectivity index (χ1) is 6.66. The molecule has 72 valence electrons. The van der Waals surface area contributed by atoms with Crippen molar-refractivity contribution in [3.8, 4) is 5.69 Å². The van der Waals surface area contributed by atoms with E-state index in [-0.39, 0.29) is 0 Å². The molecular weight excluding hydrogens is 199 g/mol. The zero-order valence-electron chi connectivity index (χ0n) is 7.58. The topological polar surface area (TPSA) is 58.3 Å². The molecule has 0 radical (unpaired) electrons. The standard InChI is InChI=1S/C8H9BN2O2S/c1-6-2-3-11(10-6)7-4-8(9(12)13)14-5-7/h2-5,12-13H,1H3. The van der Waals surface area contributed by atoms with Crippen LogP contribution in [0, 0.1) is 6.92 Å². The highest BCUT2D eigenvalue weighted by Crippen LogP contribution is 2.10. The summed E-state index contributed by atoms with van der Waals surface area (Å²) in [6.45, 7) is 1.91. The van der Waals surface area contributed by atoms with Crippen LogP contribution in [-0.2, 0) is 0 Å². The Hall–Kier alpha value is -1.11. The Morgan fingerprint density at radius 3 is 2.79 bits per heavy atom. The van der Waals surface area contributed by atoms with Crippen LogP contribution in [-0.4, -0.2) is 26.9 Å². The van der Waals surface area contributed by atoms with Crippen LogP contribution in [0.3, 0.4) is 0 Å². The van der Waals surface area contributed by atoms with E-state index >= 15 is 0 Å². The summed E-state index contributed by atoms with van der Waals surface area (Å²) in [5.74, 6) is 0. The minimum absolute atomic E-state index is 0.521. The van der Waals surface area contributed by atoms with E-state index in [4.69, 9.17) is 10.0 Å². The van der Waals surface area contributed by atoms with Gasteiger partial charge in [-0.3, -0.25) is 0 Å². The molecule has 0 saturated carbocycles. The summed E-state index contributed by atoms with van der Waals surface area (Å²) in [6.07, 6.45) is 1.84. The molecule has 14 heavy (non-hydrogen) atoms. The highest BCUT2D eigenvalue weighted by molar-refractivity contribution is 7.20. The summed E-state index contributed by atoms with van der Waals surface area (Å²) in [5.41, 5.74) is 1.79. The van der Waals surface area contributed by atoms with E-state index in [9.17, 15) is 0 Å². The van der Waals surface area contributed by atoms with Gasteiger partial charge in [-0.15, -0.1) is 0 Å². The summed E-state index contributed by atoms with van der Waals surface area (Å²) in [6, 6.07) is 3.61. The van der Waals surface area contributed by atoms with Crippen LogP contribution in [0.2, 0.25) is 0 Å². The van der Waals surface area contributed by atoms with Crippen molar-refractivity contribution in [3.05, 3.63) is 29.4 Å². The Bertz CT molecular complexity index is 438. The summed E-state index contributed by atoms with van der Waals surface area (Å²) in [7, 11) is -1.40. The van der Waals surface area contributed by atoms with E-state index in [0.29, 0.717) is 4.78 Å². The van der Waals surface area contributed by atoms with Crippen molar-refractivity contribution in [2.24, 2.45) is 0 Å². The summed E-state index contributed by atoms with van der Waals surface area (Å²) < 4.78 is 2.23. The third-order valence-electron chi connectivity index (χ3n) is 1.85. The van der Waals surface area contributed by atoms with Crippen molar-refractivity contribution in [3.63, 3.8) is 0 Å². The maximum Gasteiger partial charge on any atom is 0.499 e. The molecule has 2 rings (SSSR count). The molecule has 0 amide bonds. The largest absolute Gasteiger partial charge is 0.499 e. The first-order valence-electron chi connectivity index (χ1n) is 4.14. The Balaban J connectivity index is 2.33. The Morgan fingerprint density at radius 2 is 2.29 bits per heavy atom. The van der Waals surface area contributed by atoms with Crippen LogP contribution in [0.15, 0.2) is 23.7 Å². The number of aromatic nitrogens is 2. The number of hydrogen-bond acceptors (Lipinski definition) is 4. The second-order valence-electron chi connectivity index (χ2n) is 2.98. The van der Waals surface area contributed by atoms with Gasteiger partial charge in [0, 0.05) is 16.4 Å². The molecule has 0 fully saturated rings. The van der Waals surface area contributed by atoms with Gasteiger partial charge in [-0.25, -0.2) is 4.68 Å². The van der Waals surface area contributed by atoms with Gasteiger partial charge < -0.3 is 10.0 Å². The lowest BCUT2D eigenvalue weighted by molar-refractivity contribution is 0.427. The predicted molar refractivity (Wildman–Crippen MR) is 56.0 cm³/mol. The van der Waals surface area contributed by atoms with E-state index in [0.717, 1.165) is 11.4 Å². The Kier molecular flexibility index (Phi) is 2.41. The minimum atomic E-state index is -1.40. The van der Waals surface area contributed by atoms with Gasteiger partial charge in [-0.05, 0) is 19.1 Å². The number of aryl methyl sites for hydroxylation is 1. The quantitative estimate of drug-likeness (QED) is 0.678. The van der Waals surface area contributed by atoms with Gasteiger partial charge in [0.25, 0.3) is 0 Å². The van der Waals surface area contributed by atoms with E-state index in [1.54, 1.807) is 10.7 Å². The van der Waals surface area contributed by atoms with Gasteiger partial charge in [-0.1, -0.05) is 0 Å². The Morgan fingerprint density at radius 1 is 1.50 bits per heavy atom. The van der Waals surface area contributed by atoms with Crippen LogP contribution in [0.25, 0.3) is 5.69 Å². The lowest BCUT2D eigenvalue weighted by Crippen LogP contribution is -2.26. The van der Waals surface area contributed by atoms with Crippen molar-refractivity contribution in [1.29, 1.82) is 0 Å². The molecule has 0 aliphatic carbocycles. The summed E-state index contributed by atoms with van der Waals surface area (Å²) in [5, 5.41) is 23.9. The maximum absolute atomic E-state index is 8.93. The number of hydrogen-bond donors (Lipinski definition) is 2. The zero-order chi connectivity index (χ0) is 10.1. The smallest absolute Gasteiger partial charge is 0.423 e. The maximum atomic E-state index is 8.93. The lowest BCUT2D eigenvalue weighted by atomic mass is 9.89. The number of thiophene rings is 1. The highest BCUT2D eigenvalue weighted by Gasteiger charge is 2.14.